The Morgan fingerprint density at radius 2 is 1.95 bits per heavy atom. The van der Waals surface area contributed by atoms with E-state index in [2.05, 4.69) is 11.2 Å². The quantitative estimate of drug-likeness (QED) is 0.814. The molecule has 6 heteroatoms. The van der Waals surface area contributed by atoms with Gasteiger partial charge in [0.05, 0.1) is 21.4 Å². The minimum absolute atomic E-state index is 0.322. The molecule has 3 rings (SSSR count). The summed E-state index contributed by atoms with van der Waals surface area (Å²) in [5, 5.41) is 14.9. The van der Waals surface area contributed by atoms with Gasteiger partial charge in [-0.1, -0.05) is 34.8 Å². The third-order valence-electron chi connectivity index (χ3n) is 3.08. The third-order valence-corrected chi connectivity index (χ3v) is 4.17. The Labute approximate surface area is 125 Å². The Kier molecular flexibility index (Phi) is 3.18. The maximum Gasteiger partial charge on any atom is 0.150 e. The lowest BCUT2D eigenvalue weighted by molar-refractivity contribution is 0.838. The van der Waals surface area contributed by atoms with Gasteiger partial charge in [0.15, 0.2) is 5.15 Å². The molecule has 0 unspecified atom stereocenters. The summed E-state index contributed by atoms with van der Waals surface area (Å²) in [4.78, 5) is 0. The maximum absolute atomic E-state index is 9.20. The molecule has 0 N–H and O–H groups in total. The summed E-state index contributed by atoms with van der Waals surface area (Å²) in [6.45, 7) is 0. The van der Waals surface area contributed by atoms with Gasteiger partial charge in [-0.2, -0.15) is 10.4 Å². The number of hydrogen-bond donors (Lipinski definition) is 0. The second kappa shape index (κ2) is 4.72. The minimum Gasteiger partial charge on any atom is -0.220 e. The van der Waals surface area contributed by atoms with Crippen molar-refractivity contribution >= 4 is 34.8 Å². The van der Waals surface area contributed by atoms with Gasteiger partial charge in [-0.3, -0.25) is 0 Å². The van der Waals surface area contributed by atoms with Crippen LogP contribution >= 0.6 is 34.8 Å². The first kappa shape index (κ1) is 12.8. The van der Waals surface area contributed by atoms with Crippen LogP contribution < -0.4 is 0 Å². The highest BCUT2D eigenvalue weighted by Crippen LogP contribution is 2.42. The van der Waals surface area contributed by atoms with E-state index >= 15 is 0 Å². The van der Waals surface area contributed by atoms with E-state index in [1.807, 2.05) is 0 Å². The molecule has 0 saturated heterocycles. The van der Waals surface area contributed by atoms with Crippen LogP contribution in [0.25, 0.3) is 5.69 Å². The molecule has 1 aromatic carbocycles. The van der Waals surface area contributed by atoms with Crippen molar-refractivity contribution in [2.45, 2.75) is 18.8 Å². The van der Waals surface area contributed by atoms with E-state index in [4.69, 9.17) is 34.8 Å². The molecular weight excluding hydrogens is 305 g/mol. The van der Waals surface area contributed by atoms with Gasteiger partial charge in [-0.15, -0.1) is 0 Å². The fourth-order valence-corrected chi connectivity index (χ4v) is 2.51. The fraction of sp³-hybridized carbons (Fsp3) is 0.231. The maximum atomic E-state index is 9.20. The van der Waals surface area contributed by atoms with E-state index in [-0.39, 0.29) is 0 Å². The fourth-order valence-electron chi connectivity index (χ4n) is 1.95. The monoisotopic (exact) mass is 311 g/mol. The lowest BCUT2D eigenvalue weighted by Crippen LogP contribution is -1.97. The lowest BCUT2D eigenvalue weighted by atomic mass is 10.2. The van der Waals surface area contributed by atoms with Crippen molar-refractivity contribution in [3.05, 3.63) is 44.7 Å². The van der Waals surface area contributed by atoms with Crippen LogP contribution in [0.1, 0.15) is 30.0 Å². The van der Waals surface area contributed by atoms with Crippen molar-refractivity contribution < 1.29 is 0 Å². The van der Waals surface area contributed by atoms with Crippen molar-refractivity contribution in [2.75, 3.05) is 0 Å². The zero-order chi connectivity index (χ0) is 13.6. The van der Waals surface area contributed by atoms with Crippen molar-refractivity contribution in [1.29, 1.82) is 5.26 Å². The Hall–Kier alpha value is -1.21. The summed E-state index contributed by atoms with van der Waals surface area (Å²) in [5.74, 6) is 0.358. The molecule has 1 aliphatic rings. The normalized spacial score (nSPS) is 14.4. The molecule has 3 nitrogen and oxygen atoms in total. The first-order chi connectivity index (χ1) is 9.11. The summed E-state index contributed by atoms with van der Waals surface area (Å²) >= 11 is 18.1. The SMILES string of the molecule is N#Cc1c(C2CC2)nn(-c2ccc(Cl)c(Cl)c2)c1Cl. The predicted octanol–water partition coefficient (Wildman–Crippen LogP) is 4.58. The molecule has 2 aromatic rings. The number of rotatable bonds is 2. The Morgan fingerprint density at radius 1 is 1.21 bits per heavy atom. The van der Waals surface area contributed by atoms with E-state index in [1.54, 1.807) is 18.2 Å². The van der Waals surface area contributed by atoms with Gasteiger partial charge < -0.3 is 0 Å². The molecule has 0 radical (unpaired) electrons. The van der Waals surface area contributed by atoms with Crippen LogP contribution in [0.3, 0.4) is 0 Å². The third kappa shape index (κ3) is 2.21. The zero-order valence-corrected chi connectivity index (χ0v) is 12.0. The molecule has 0 aliphatic heterocycles. The van der Waals surface area contributed by atoms with E-state index < -0.39 is 0 Å². The summed E-state index contributed by atoms with van der Waals surface area (Å²) in [7, 11) is 0. The van der Waals surface area contributed by atoms with Gasteiger partial charge >= 0.3 is 0 Å². The average Bonchev–Trinajstić information content (AvgIpc) is 3.17. The summed E-state index contributed by atoms with van der Waals surface area (Å²) in [6, 6.07) is 7.26. The highest BCUT2D eigenvalue weighted by Gasteiger charge is 2.31. The summed E-state index contributed by atoms with van der Waals surface area (Å²) in [5.41, 5.74) is 1.93. The van der Waals surface area contributed by atoms with Gasteiger partial charge in [0.2, 0.25) is 0 Å². The second-order valence-corrected chi connectivity index (χ2v) is 5.62. The summed E-state index contributed by atoms with van der Waals surface area (Å²) in [6.07, 6.45) is 2.12. The Balaban J connectivity index is 2.14. The number of nitriles is 1. The Morgan fingerprint density at radius 3 is 2.53 bits per heavy atom. The average molecular weight is 313 g/mol. The molecule has 0 spiro atoms. The molecule has 1 fully saturated rings. The number of halogens is 3. The lowest BCUT2D eigenvalue weighted by Gasteiger charge is -2.04. The second-order valence-electron chi connectivity index (χ2n) is 4.45. The highest BCUT2D eigenvalue weighted by molar-refractivity contribution is 6.42. The molecule has 0 bridgehead atoms. The predicted molar refractivity (Wildman–Crippen MR) is 75.3 cm³/mol. The largest absolute Gasteiger partial charge is 0.220 e. The topological polar surface area (TPSA) is 41.6 Å². The standard InChI is InChI=1S/C13H8Cl3N3/c14-10-4-3-8(5-11(10)15)19-13(16)9(6-17)12(18-19)7-1-2-7/h3-5,7H,1-2H2. The molecule has 1 saturated carbocycles. The van der Waals surface area contributed by atoms with E-state index in [1.165, 1.54) is 4.68 Å². The molecule has 0 amide bonds. The van der Waals surface area contributed by atoms with Crippen LogP contribution in [-0.2, 0) is 0 Å². The first-order valence-electron chi connectivity index (χ1n) is 5.75. The van der Waals surface area contributed by atoms with Crippen LogP contribution in [0.5, 0.6) is 0 Å². The van der Waals surface area contributed by atoms with Crippen molar-refractivity contribution in [3.8, 4) is 11.8 Å². The molecule has 1 aliphatic carbocycles. The van der Waals surface area contributed by atoms with Crippen LogP contribution in [-0.4, -0.2) is 9.78 Å². The van der Waals surface area contributed by atoms with Gasteiger partial charge in [0.25, 0.3) is 0 Å². The van der Waals surface area contributed by atoms with E-state index in [9.17, 15) is 5.26 Å². The van der Waals surface area contributed by atoms with Gasteiger partial charge in [-0.05, 0) is 31.0 Å². The number of nitrogens with zero attached hydrogens (tertiary/aromatic N) is 3. The highest BCUT2D eigenvalue weighted by atomic mass is 35.5. The van der Waals surface area contributed by atoms with Crippen molar-refractivity contribution in [2.24, 2.45) is 0 Å². The van der Waals surface area contributed by atoms with Gasteiger partial charge in [0, 0.05) is 5.92 Å². The molecule has 1 aromatic heterocycles. The number of benzene rings is 1. The van der Waals surface area contributed by atoms with Crippen LogP contribution in [0.2, 0.25) is 15.2 Å². The number of aromatic nitrogens is 2. The van der Waals surface area contributed by atoms with Gasteiger partial charge in [-0.25, -0.2) is 4.68 Å². The molecular formula is C13H8Cl3N3. The number of hydrogen-bond acceptors (Lipinski definition) is 2. The zero-order valence-electron chi connectivity index (χ0n) is 9.70. The van der Waals surface area contributed by atoms with E-state index in [0.29, 0.717) is 32.4 Å². The smallest absolute Gasteiger partial charge is 0.150 e. The molecule has 0 atom stereocenters. The van der Waals surface area contributed by atoms with Crippen molar-refractivity contribution in [3.63, 3.8) is 0 Å². The van der Waals surface area contributed by atoms with E-state index in [0.717, 1.165) is 18.5 Å². The van der Waals surface area contributed by atoms with Crippen molar-refractivity contribution in [1.82, 2.24) is 9.78 Å². The molecule has 96 valence electrons. The van der Waals surface area contributed by atoms with Crippen LogP contribution in [0.4, 0.5) is 0 Å². The van der Waals surface area contributed by atoms with Crippen LogP contribution in [0, 0.1) is 11.3 Å². The summed E-state index contributed by atoms with van der Waals surface area (Å²) < 4.78 is 1.54. The van der Waals surface area contributed by atoms with Crippen LogP contribution in [0.15, 0.2) is 18.2 Å². The molecule has 19 heavy (non-hydrogen) atoms. The first-order valence-corrected chi connectivity index (χ1v) is 6.89. The molecule has 1 heterocycles. The Bertz CT molecular complexity index is 696. The minimum atomic E-state index is 0.322. The van der Waals surface area contributed by atoms with Gasteiger partial charge in [0.1, 0.15) is 11.6 Å².